The summed E-state index contributed by atoms with van der Waals surface area (Å²) in [5, 5.41) is 9.90. The smallest absolute Gasteiger partial charge is 0.320 e. The van der Waals surface area contributed by atoms with Gasteiger partial charge < -0.3 is 29.0 Å². The van der Waals surface area contributed by atoms with E-state index in [1.54, 1.807) is 26.0 Å². The minimum absolute atomic E-state index is 0.0192. The zero-order valence-electron chi connectivity index (χ0n) is 22.4. The van der Waals surface area contributed by atoms with Gasteiger partial charge in [-0.25, -0.2) is 0 Å². The van der Waals surface area contributed by atoms with Crippen LogP contribution in [-0.4, -0.2) is 66.4 Å². The molecule has 2 rings (SSSR count). The Bertz CT molecular complexity index is 1160. The summed E-state index contributed by atoms with van der Waals surface area (Å²) in [6.45, 7) is 3.93. The van der Waals surface area contributed by atoms with E-state index in [2.05, 4.69) is 24.2 Å². The van der Waals surface area contributed by atoms with Crippen molar-refractivity contribution in [3.63, 3.8) is 0 Å². The maximum Gasteiger partial charge on any atom is 0.320 e. The molecule has 39 heavy (non-hydrogen) atoms. The number of nitrogens with one attached hydrogen (secondary N) is 1. The summed E-state index contributed by atoms with van der Waals surface area (Å²) in [5.41, 5.74) is 0.561. The molecule has 212 valence electrons. The van der Waals surface area contributed by atoms with Crippen LogP contribution in [0.2, 0.25) is 0 Å². The Morgan fingerprint density at radius 3 is 2.00 bits per heavy atom. The first-order valence-corrected chi connectivity index (χ1v) is 12.2. The fourth-order valence-electron chi connectivity index (χ4n) is 3.12. The van der Waals surface area contributed by atoms with E-state index in [0.29, 0.717) is 0 Å². The SMILES string of the molecule is CCOC(=O)CCC(C(=O)OC)C(=O)OC.CCOC(=O)CCc1c(O)nc(/C=C/c2ccccc2)[nH]c1=O. The molecule has 0 saturated heterocycles. The van der Waals surface area contributed by atoms with Crippen LogP contribution in [-0.2, 0) is 44.5 Å². The fourth-order valence-corrected chi connectivity index (χ4v) is 3.12. The van der Waals surface area contributed by atoms with E-state index in [0.717, 1.165) is 5.56 Å². The fraction of sp³-hybridized carbons (Fsp3) is 0.407. The minimum atomic E-state index is -1.07. The number of aromatic hydroxyl groups is 1. The Balaban J connectivity index is 0.000000420. The lowest BCUT2D eigenvalue weighted by Gasteiger charge is -2.11. The van der Waals surface area contributed by atoms with E-state index >= 15 is 0 Å². The van der Waals surface area contributed by atoms with Crippen molar-refractivity contribution in [3.8, 4) is 5.88 Å². The van der Waals surface area contributed by atoms with Gasteiger partial charge in [-0.05, 0) is 38.3 Å². The van der Waals surface area contributed by atoms with Crippen molar-refractivity contribution in [3.05, 3.63) is 57.6 Å². The predicted molar refractivity (Wildman–Crippen MR) is 140 cm³/mol. The van der Waals surface area contributed by atoms with Gasteiger partial charge >= 0.3 is 23.9 Å². The van der Waals surface area contributed by atoms with Gasteiger partial charge in [0.1, 0.15) is 5.82 Å². The molecule has 0 amide bonds. The monoisotopic (exact) mass is 546 g/mol. The summed E-state index contributed by atoms with van der Waals surface area (Å²) in [5.74, 6) is -3.49. The Kier molecular flexibility index (Phi) is 14.9. The maximum absolute atomic E-state index is 12.0. The molecule has 0 atom stereocenters. The van der Waals surface area contributed by atoms with Crippen LogP contribution in [0.1, 0.15) is 50.1 Å². The molecule has 1 aromatic carbocycles. The molecule has 0 unspecified atom stereocenters. The Labute approximate surface area is 226 Å². The van der Waals surface area contributed by atoms with Gasteiger partial charge in [-0.2, -0.15) is 4.98 Å². The highest BCUT2D eigenvalue weighted by Crippen LogP contribution is 2.13. The first kappa shape index (κ1) is 32.5. The van der Waals surface area contributed by atoms with Gasteiger partial charge in [-0.15, -0.1) is 0 Å². The predicted octanol–water partition coefficient (Wildman–Crippen LogP) is 2.43. The first-order valence-electron chi connectivity index (χ1n) is 12.2. The summed E-state index contributed by atoms with van der Waals surface area (Å²) in [6, 6.07) is 9.50. The van der Waals surface area contributed by atoms with Crippen molar-refractivity contribution in [2.24, 2.45) is 5.92 Å². The van der Waals surface area contributed by atoms with Crippen molar-refractivity contribution in [1.29, 1.82) is 0 Å². The van der Waals surface area contributed by atoms with Crippen molar-refractivity contribution < 1.29 is 43.2 Å². The van der Waals surface area contributed by atoms with Crippen molar-refractivity contribution in [1.82, 2.24) is 9.97 Å². The normalized spacial score (nSPS) is 10.4. The maximum atomic E-state index is 12.0. The van der Waals surface area contributed by atoms with Crippen LogP contribution in [0.5, 0.6) is 5.88 Å². The molecule has 0 aliphatic heterocycles. The number of benzene rings is 1. The second kappa shape index (κ2) is 17.9. The number of aromatic amines is 1. The van der Waals surface area contributed by atoms with E-state index in [1.807, 2.05) is 30.3 Å². The molecule has 0 aliphatic rings. The number of carbonyl (C=O) groups is 4. The molecule has 0 spiro atoms. The van der Waals surface area contributed by atoms with Crippen LogP contribution >= 0.6 is 0 Å². The topological polar surface area (TPSA) is 171 Å². The van der Waals surface area contributed by atoms with Gasteiger partial charge in [0.15, 0.2) is 5.92 Å². The van der Waals surface area contributed by atoms with Crippen molar-refractivity contribution in [2.45, 2.75) is 39.5 Å². The molecular weight excluding hydrogens is 512 g/mol. The minimum Gasteiger partial charge on any atom is -0.493 e. The van der Waals surface area contributed by atoms with Gasteiger partial charge in [-0.3, -0.25) is 24.0 Å². The van der Waals surface area contributed by atoms with Gasteiger partial charge in [0.25, 0.3) is 5.56 Å². The quantitative estimate of drug-likeness (QED) is 0.227. The lowest BCUT2D eigenvalue weighted by Crippen LogP contribution is -2.27. The van der Waals surface area contributed by atoms with Crippen molar-refractivity contribution >= 4 is 36.0 Å². The number of rotatable bonds is 12. The van der Waals surface area contributed by atoms with E-state index in [4.69, 9.17) is 4.74 Å². The number of carbonyl (C=O) groups excluding carboxylic acids is 4. The molecule has 0 radical (unpaired) electrons. The van der Waals surface area contributed by atoms with Gasteiger partial charge in [0.05, 0.1) is 33.0 Å². The van der Waals surface area contributed by atoms with Crippen LogP contribution in [0.4, 0.5) is 0 Å². The zero-order chi connectivity index (χ0) is 29.2. The summed E-state index contributed by atoms with van der Waals surface area (Å²) in [4.78, 5) is 63.3. The molecule has 12 heteroatoms. The molecular formula is C27H34N2O10. The van der Waals surface area contributed by atoms with Gasteiger partial charge in [0, 0.05) is 12.8 Å². The number of ether oxygens (including phenoxy) is 4. The summed E-state index contributed by atoms with van der Waals surface area (Å²) < 4.78 is 18.3. The molecule has 0 fully saturated rings. The molecule has 2 N–H and O–H groups in total. The third kappa shape index (κ3) is 12.1. The summed E-state index contributed by atoms with van der Waals surface area (Å²) in [7, 11) is 2.34. The Hall–Kier alpha value is -4.48. The van der Waals surface area contributed by atoms with Gasteiger partial charge in [0.2, 0.25) is 5.88 Å². The third-order valence-corrected chi connectivity index (χ3v) is 5.04. The number of H-pyrrole nitrogens is 1. The molecule has 2 aromatic rings. The van der Waals surface area contributed by atoms with Crippen LogP contribution < -0.4 is 5.56 Å². The van der Waals surface area contributed by atoms with Crippen LogP contribution in [0.15, 0.2) is 35.1 Å². The number of hydrogen-bond donors (Lipinski definition) is 2. The zero-order valence-corrected chi connectivity index (χ0v) is 22.4. The number of esters is 4. The molecule has 1 heterocycles. The van der Waals surface area contributed by atoms with Crippen LogP contribution in [0.3, 0.4) is 0 Å². The second-order valence-electron chi connectivity index (χ2n) is 7.74. The second-order valence-corrected chi connectivity index (χ2v) is 7.74. The Morgan fingerprint density at radius 2 is 1.49 bits per heavy atom. The van der Waals surface area contributed by atoms with E-state index in [9.17, 15) is 29.1 Å². The summed E-state index contributed by atoms with van der Waals surface area (Å²) in [6.07, 6.45) is 3.48. The lowest BCUT2D eigenvalue weighted by molar-refractivity contribution is -0.159. The third-order valence-electron chi connectivity index (χ3n) is 5.04. The average molecular weight is 547 g/mol. The van der Waals surface area contributed by atoms with Crippen molar-refractivity contribution in [2.75, 3.05) is 27.4 Å². The highest BCUT2D eigenvalue weighted by molar-refractivity contribution is 5.95. The molecule has 0 saturated carbocycles. The number of methoxy groups -OCH3 is 2. The van der Waals surface area contributed by atoms with Gasteiger partial charge in [-0.1, -0.05) is 36.4 Å². The number of aromatic nitrogens is 2. The first-order chi connectivity index (χ1) is 18.7. The highest BCUT2D eigenvalue weighted by Gasteiger charge is 2.29. The molecule has 0 aliphatic carbocycles. The molecule has 1 aromatic heterocycles. The Morgan fingerprint density at radius 1 is 0.923 bits per heavy atom. The molecule has 0 bridgehead atoms. The molecule has 12 nitrogen and oxygen atoms in total. The average Bonchev–Trinajstić information content (AvgIpc) is 2.92. The standard InChI is InChI=1S/C17H18N2O4.C10H16O6/c1-2-23-15(20)11-9-13-16(21)18-14(19-17(13)22)10-8-12-6-4-3-5-7-12;1-4-16-8(11)6-5-7(9(12)14-2)10(13)15-3/h3-8,10H,2,9,11H2,1H3,(H2,18,19,21,22);7H,4-6H2,1-3H3/b10-8+;. The van der Waals surface area contributed by atoms with Crippen LogP contribution in [0.25, 0.3) is 12.2 Å². The van der Waals surface area contributed by atoms with E-state index in [1.165, 1.54) is 14.2 Å². The highest BCUT2D eigenvalue weighted by atomic mass is 16.5. The van der Waals surface area contributed by atoms with E-state index < -0.39 is 35.4 Å². The van der Waals surface area contributed by atoms with Crippen LogP contribution in [0, 0.1) is 5.92 Å². The lowest BCUT2D eigenvalue weighted by atomic mass is 10.0. The van der Waals surface area contributed by atoms with E-state index in [-0.39, 0.29) is 56.2 Å². The number of nitrogens with zero attached hydrogens (tertiary/aromatic N) is 1. The largest absolute Gasteiger partial charge is 0.493 e. The summed E-state index contributed by atoms with van der Waals surface area (Å²) >= 11 is 0. The number of hydrogen-bond acceptors (Lipinski definition) is 11.